The van der Waals surface area contributed by atoms with Crippen molar-refractivity contribution in [2.45, 2.75) is 26.2 Å². The number of aromatic nitrogens is 1. The summed E-state index contributed by atoms with van der Waals surface area (Å²) in [4.78, 5) is 4.41. The SMILES string of the molecule is Cc1nc(CC2(C#N)CCCOC2)cs1. The summed E-state index contributed by atoms with van der Waals surface area (Å²) in [5, 5.41) is 12.4. The van der Waals surface area contributed by atoms with Gasteiger partial charge in [-0.3, -0.25) is 0 Å². The zero-order valence-corrected chi connectivity index (χ0v) is 9.64. The topological polar surface area (TPSA) is 45.9 Å². The Hall–Kier alpha value is -0.920. The highest BCUT2D eigenvalue weighted by molar-refractivity contribution is 7.09. The maximum Gasteiger partial charge on any atom is 0.0897 e. The minimum Gasteiger partial charge on any atom is -0.380 e. The van der Waals surface area contributed by atoms with Gasteiger partial charge in [-0.25, -0.2) is 4.98 Å². The fraction of sp³-hybridized carbons (Fsp3) is 0.636. The molecule has 1 aliphatic rings. The first-order valence-electron chi connectivity index (χ1n) is 5.14. The van der Waals surface area contributed by atoms with E-state index in [2.05, 4.69) is 11.1 Å². The highest BCUT2D eigenvalue weighted by Crippen LogP contribution is 2.32. The number of aryl methyl sites for hydroxylation is 1. The minimum atomic E-state index is -0.335. The molecule has 80 valence electrons. The van der Waals surface area contributed by atoms with E-state index in [0.717, 1.165) is 36.6 Å². The average Bonchev–Trinajstić information content (AvgIpc) is 2.65. The van der Waals surface area contributed by atoms with Gasteiger partial charge in [0.15, 0.2) is 0 Å². The van der Waals surface area contributed by atoms with Crippen LogP contribution in [0.3, 0.4) is 0 Å². The Labute approximate surface area is 93.7 Å². The van der Waals surface area contributed by atoms with E-state index in [9.17, 15) is 5.26 Å². The van der Waals surface area contributed by atoms with Crippen LogP contribution in [0.4, 0.5) is 0 Å². The molecule has 0 aliphatic carbocycles. The van der Waals surface area contributed by atoms with Crippen LogP contribution in [0.25, 0.3) is 0 Å². The van der Waals surface area contributed by atoms with Crippen LogP contribution in [0.1, 0.15) is 23.5 Å². The van der Waals surface area contributed by atoms with Crippen LogP contribution in [0.5, 0.6) is 0 Å². The number of nitriles is 1. The third-order valence-corrected chi connectivity index (χ3v) is 3.57. The smallest absolute Gasteiger partial charge is 0.0897 e. The van der Waals surface area contributed by atoms with Gasteiger partial charge >= 0.3 is 0 Å². The third-order valence-electron chi connectivity index (χ3n) is 2.75. The van der Waals surface area contributed by atoms with E-state index in [4.69, 9.17) is 4.74 Å². The molecule has 4 heteroatoms. The van der Waals surface area contributed by atoms with Crippen molar-refractivity contribution in [2.75, 3.05) is 13.2 Å². The first-order chi connectivity index (χ1) is 7.24. The van der Waals surface area contributed by atoms with Crippen LogP contribution < -0.4 is 0 Å². The molecule has 3 nitrogen and oxygen atoms in total. The van der Waals surface area contributed by atoms with Crippen molar-refractivity contribution in [3.63, 3.8) is 0 Å². The van der Waals surface area contributed by atoms with E-state index >= 15 is 0 Å². The van der Waals surface area contributed by atoms with Gasteiger partial charge in [0.1, 0.15) is 0 Å². The summed E-state index contributed by atoms with van der Waals surface area (Å²) in [5.74, 6) is 0. The van der Waals surface area contributed by atoms with Gasteiger partial charge in [-0.05, 0) is 19.8 Å². The van der Waals surface area contributed by atoms with Crippen molar-refractivity contribution in [1.82, 2.24) is 4.98 Å². The Balaban J connectivity index is 2.11. The van der Waals surface area contributed by atoms with E-state index in [1.54, 1.807) is 11.3 Å². The fourth-order valence-electron chi connectivity index (χ4n) is 1.96. The fourth-order valence-corrected chi connectivity index (χ4v) is 2.57. The van der Waals surface area contributed by atoms with Gasteiger partial charge in [0, 0.05) is 18.4 Å². The quantitative estimate of drug-likeness (QED) is 0.771. The second kappa shape index (κ2) is 4.30. The lowest BCUT2D eigenvalue weighted by molar-refractivity contribution is 0.0220. The number of hydrogen-bond acceptors (Lipinski definition) is 4. The minimum absolute atomic E-state index is 0.335. The lowest BCUT2D eigenvalue weighted by Crippen LogP contribution is -2.32. The van der Waals surface area contributed by atoms with Gasteiger partial charge in [-0.2, -0.15) is 5.26 Å². The Kier molecular flexibility index (Phi) is 3.03. The Morgan fingerprint density at radius 3 is 3.13 bits per heavy atom. The van der Waals surface area contributed by atoms with Crippen LogP contribution in [-0.4, -0.2) is 18.2 Å². The summed E-state index contributed by atoms with van der Waals surface area (Å²) in [6.45, 7) is 3.34. The predicted octanol–water partition coefficient (Wildman–Crippen LogP) is 2.31. The van der Waals surface area contributed by atoms with Crippen LogP contribution in [0.2, 0.25) is 0 Å². The van der Waals surface area contributed by atoms with Gasteiger partial charge in [0.25, 0.3) is 0 Å². The number of rotatable bonds is 2. The second-order valence-electron chi connectivity index (χ2n) is 4.08. The third kappa shape index (κ3) is 2.36. The lowest BCUT2D eigenvalue weighted by atomic mass is 9.80. The summed E-state index contributed by atoms with van der Waals surface area (Å²) in [7, 11) is 0. The monoisotopic (exact) mass is 222 g/mol. The molecule has 1 atom stereocenters. The number of thiazole rings is 1. The lowest BCUT2D eigenvalue weighted by Gasteiger charge is -2.29. The highest BCUT2D eigenvalue weighted by atomic mass is 32.1. The van der Waals surface area contributed by atoms with E-state index in [-0.39, 0.29) is 5.41 Å². The van der Waals surface area contributed by atoms with E-state index < -0.39 is 0 Å². The summed E-state index contributed by atoms with van der Waals surface area (Å²) in [6.07, 6.45) is 2.64. The molecular weight excluding hydrogens is 208 g/mol. The van der Waals surface area contributed by atoms with Gasteiger partial charge in [0.2, 0.25) is 0 Å². The molecule has 2 heterocycles. The van der Waals surface area contributed by atoms with E-state index in [0.29, 0.717) is 6.61 Å². The Morgan fingerprint density at radius 2 is 2.60 bits per heavy atom. The van der Waals surface area contributed by atoms with E-state index in [1.807, 2.05) is 12.3 Å². The van der Waals surface area contributed by atoms with Crippen molar-refractivity contribution < 1.29 is 4.74 Å². The number of ether oxygens (including phenoxy) is 1. The van der Waals surface area contributed by atoms with Crippen molar-refractivity contribution in [3.8, 4) is 6.07 Å². The number of hydrogen-bond donors (Lipinski definition) is 0. The molecule has 2 rings (SSSR count). The molecule has 0 amide bonds. The zero-order valence-electron chi connectivity index (χ0n) is 8.82. The molecular formula is C11H14N2OS. The van der Waals surface area contributed by atoms with Crippen LogP contribution in [0, 0.1) is 23.7 Å². The molecule has 1 saturated heterocycles. The summed E-state index contributed by atoms with van der Waals surface area (Å²) in [6, 6.07) is 2.41. The molecule has 1 unspecified atom stereocenters. The maximum atomic E-state index is 9.26. The standard InChI is InChI=1S/C11H14N2OS/c1-9-13-10(6-15-9)5-11(7-12)3-2-4-14-8-11/h6H,2-5,8H2,1H3. The molecule has 0 bridgehead atoms. The van der Waals surface area contributed by atoms with Crippen molar-refractivity contribution in [3.05, 3.63) is 16.1 Å². The van der Waals surface area contributed by atoms with Gasteiger partial charge in [0.05, 0.1) is 28.8 Å². The summed E-state index contributed by atoms with van der Waals surface area (Å²) < 4.78 is 5.41. The molecule has 1 aliphatic heterocycles. The average molecular weight is 222 g/mol. The number of nitrogens with zero attached hydrogens (tertiary/aromatic N) is 2. The van der Waals surface area contributed by atoms with Gasteiger partial charge in [-0.15, -0.1) is 11.3 Å². The van der Waals surface area contributed by atoms with Crippen LogP contribution in [0.15, 0.2) is 5.38 Å². The van der Waals surface area contributed by atoms with Crippen molar-refractivity contribution in [2.24, 2.45) is 5.41 Å². The van der Waals surface area contributed by atoms with Crippen molar-refractivity contribution in [1.29, 1.82) is 5.26 Å². The molecule has 1 aromatic heterocycles. The molecule has 15 heavy (non-hydrogen) atoms. The Morgan fingerprint density at radius 1 is 1.73 bits per heavy atom. The van der Waals surface area contributed by atoms with Crippen LogP contribution >= 0.6 is 11.3 Å². The molecule has 1 aromatic rings. The molecule has 1 fully saturated rings. The van der Waals surface area contributed by atoms with Crippen molar-refractivity contribution >= 4 is 11.3 Å². The second-order valence-corrected chi connectivity index (χ2v) is 5.15. The maximum absolute atomic E-state index is 9.26. The predicted molar refractivity (Wildman–Crippen MR) is 58.7 cm³/mol. The largest absolute Gasteiger partial charge is 0.380 e. The molecule has 0 radical (unpaired) electrons. The first kappa shape index (κ1) is 10.6. The zero-order chi connectivity index (χ0) is 10.7. The first-order valence-corrected chi connectivity index (χ1v) is 6.02. The summed E-state index contributed by atoms with van der Waals surface area (Å²) in [5.41, 5.74) is 0.697. The highest BCUT2D eigenvalue weighted by Gasteiger charge is 2.33. The summed E-state index contributed by atoms with van der Waals surface area (Å²) >= 11 is 1.64. The molecule has 0 aromatic carbocycles. The van der Waals surface area contributed by atoms with Crippen LogP contribution in [-0.2, 0) is 11.2 Å². The normalized spacial score (nSPS) is 26.1. The van der Waals surface area contributed by atoms with Gasteiger partial charge < -0.3 is 4.74 Å². The Bertz CT molecular complexity index is 374. The molecule has 0 N–H and O–H groups in total. The molecule has 0 spiro atoms. The van der Waals surface area contributed by atoms with E-state index in [1.165, 1.54) is 0 Å². The molecule has 0 saturated carbocycles. The van der Waals surface area contributed by atoms with Gasteiger partial charge in [-0.1, -0.05) is 0 Å².